The number of ether oxygens (including phenoxy) is 1. The van der Waals surface area contributed by atoms with E-state index in [-0.39, 0.29) is 11.5 Å². The first kappa shape index (κ1) is 18.8. The Morgan fingerprint density at radius 1 is 1.11 bits per heavy atom. The number of methoxy groups -OCH3 is 1. The zero-order valence-corrected chi connectivity index (χ0v) is 14.5. The lowest BCUT2D eigenvalue weighted by atomic mass is 9.86. The quantitative estimate of drug-likeness (QED) is 0.766. The number of aliphatic imine (C=N–C) groups is 1. The van der Waals surface area contributed by atoms with Gasteiger partial charge in [-0.25, -0.2) is 4.99 Å². The van der Waals surface area contributed by atoms with Gasteiger partial charge < -0.3 is 15.8 Å². The largest absolute Gasteiger partial charge is 0.496 e. The van der Waals surface area contributed by atoms with Gasteiger partial charge in [-0.05, 0) is 17.2 Å². The Kier molecular flexibility index (Phi) is 4.84. The minimum Gasteiger partial charge on any atom is -0.496 e. The highest BCUT2D eigenvalue weighted by molar-refractivity contribution is 5.88. The Morgan fingerprint density at radius 3 is 2.41 bits per heavy atom. The fourth-order valence-corrected chi connectivity index (χ4v) is 3.04. The molecule has 2 aromatic carbocycles. The molecule has 0 amide bonds. The Labute approximate surface area is 154 Å². The maximum absolute atomic E-state index is 12.6. The standard InChI is InChI=1S/C19H19F3N4O/c1-27-16-5-3-2-4-14(16)19(24)15(11-25-17(23)26-19)13-8-6-12(7-9-13)10-18(20,21)22/h2-9,11H,10,24H2,1H3,(H3,23,25,26). The fourth-order valence-electron chi connectivity index (χ4n) is 3.04. The van der Waals surface area contributed by atoms with Crippen LogP contribution in [0.15, 0.2) is 59.7 Å². The van der Waals surface area contributed by atoms with Crippen LogP contribution in [0.3, 0.4) is 0 Å². The van der Waals surface area contributed by atoms with Crippen molar-refractivity contribution < 1.29 is 17.9 Å². The smallest absolute Gasteiger partial charge is 0.393 e. The van der Waals surface area contributed by atoms with E-state index in [9.17, 15) is 13.2 Å². The molecule has 5 N–H and O–H groups in total. The van der Waals surface area contributed by atoms with Crippen LogP contribution in [0.25, 0.3) is 5.57 Å². The third kappa shape index (κ3) is 3.90. The number of rotatable bonds is 4. The molecule has 1 aliphatic rings. The zero-order chi connectivity index (χ0) is 19.7. The number of alkyl halides is 3. The molecular weight excluding hydrogens is 357 g/mol. The van der Waals surface area contributed by atoms with E-state index in [0.717, 1.165) is 0 Å². The number of hydrogen-bond acceptors (Lipinski definition) is 5. The summed E-state index contributed by atoms with van der Waals surface area (Å²) in [4.78, 5) is 4.37. The second-order valence-corrected chi connectivity index (χ2v) is 6.15. The molecule has 2 aromatic rings. The molecule has 0 aromatic heterocycles. The molecule has 0 saturated heterocycles. The third-order valence-corrected chi connectivity index (χ3v) is 4.26. The lowest BCUT2D eigenvalue weighted by Gasteiger charge is -2.33. The number of nitrogens with zero attached hydrogens (tertiary/aromatic N) is 1. The van der Waals surface area contributed by atoms with Crippen molar-refractivity contribution in [2.24, 2.45) is 16.5 Å². The van der Waals surface area contributed by atoms with Crippen molar-refractivity contribution in [3.8, 4) is 5.75 Å². The Hall–Kier alpha value is -3.00. The monoisotopic (exact) mass is 376 g/mol. The molecule has 8 heteroatoms. The topological polar surface area (TPSA) is 85.7 Å². The third-order valence-electron chi connectivity index (χ3n) is 4.26. The van der Waals surface area contributed by atoms with Gasteiger partial charge in [-0.3, -0.25) is 5.73 Å². The molecule has 1 aliphatic heterocycles. The average Bonchev–Trinajstić information content (AvgIpc) is 2.61. The van der Waals surface area contributed by atoms with Gasteiger partial charge in [0, 0.05) is 17.3 Å². The molecule has 142 valence electrons. The summed E-state index contributed by atoms with van der Waals surface area (Å²) < 4.78 is 43.1. The molecule has 1 unspecified atom stereocenters. The zero-order valence-electron chi connectivity index (χ0n) is 14.5. The van der Waals surface area contributed by atoms with Gasteiger partial charge in [0.25, 0.3) is 0 Å². The lowest BCUT2D eigenvalue weighted by molar-refractivity contribution is -0.127. The van der Waals surface area contributed by atoms with Crippen LogP contribution in [0.5, 0.6) is 5.75 Å². The highest BCUT2D eigenvalue weighted by Crippen LogP contribution is 2.40. The summed E-state index contributed by atoms with van der Waals surface area (Å²) in [7, 11) is 1.52. The number of hydrogen-bond donors (Lipinski definition) is 3. The number of para-hydroxylation sites is 1. The van der Waals surface area contributed by atoms with Crippen LogP contribution in [0, 0.1) is 0 Å². The molecule has 0 saturated carbocycles. The summed E-state index contributed by atoms with van der Waals surface area (Å²) in [6.45, 7) is 0. The molecule has 0 fully saturated rings. The van der Waals surface area contributed by atoms with E-state index in [4.69, 9.17) is 16.2 Å². The molecule has 0 spiro atoms. The molecule has 0 radical (unpaired) electrons. The Morgan fingerprint density at radius 2 is 1.78 bits per heavy atom. The van der Waals surface area contributed by atoms with E-state index in [1.165, 1.54) is 19.2 Å². The van der Waals surface area contributed by atoms with E-state index < -0.39 is 18.3 Å². The number of guanidine groups is 1. The average molecular weight is 376 g/mol. The molecular formula is C19H19F3N4O. The summed E-state index contributed by atoms with van der Waals surface area (Å²) in [5.41, 5.74) is 13.0. The summed E-state index contributed by atoms with van der Waals surface area (Å²) in [6.07, 6.45) is -3.65. The number of nitrogens with two attached hydrogens (primary N) is 2. The van der Waals surface area contributed by atoms with Crippen LogP contribution in [-0.4, -0.2) is 19.2 Å². The van der Waals surface area contributed by atoms with Crippen LogP contribution in [0.1, 0.15) is 16.7 Å². The second kappa shape index (κ2) is 6.96. The van der Waals surface area contributed by atoms with Gasteiger partial charge in [-0.2, -0.15) is 13.2 Å². The maximum atomic E-state index is 12.6. The van der Waals surface area contributed by atoms with Gasteiger partial charge in [-0.1, -0.05) is 42.5 Å². The molecule has 0 bridgehead atoms. The fraction of sp³-hybridized carbons (Fsp3) is 0.211. The van der Waals surface area contributed by atoms with Crippen LogP contribution < -0.4 is 21.5 Å². The van der Waals surface area contributed by atoms with Crippen LogP contribution in [0.4, 0.5) is 13.2 Å². The summed E-state index contributed by atoms with van der Waals surface area (Å²) in [6, 6.07) is 13.1. The summed E-state index contributed by atoms with van der Waals surface area (Å²) >= 11 is 0. The van der Waals surface area contributed by atoms with Crippen molar-refractivity contribution >= 4 is 11.5 Å². The van der Waals surface area contributed by atoms with Gasteiger partial charge in [0.05, 0.1) is 13.5 Å². The van der Waals surface area contributed by atoms with Crippen LogP contribution in [0.2, 0.25) is 0 Å². The summed E-state index contributed by atoms with van der Waals surface area (Å²) in [5.74, 6) is 0.652. The highest BCUT2D eigenvalue weighted by atomic mass is 19.4. The van der Waals surface area contributed by atoms with Crippen molar-refractivity contribution in [1.29, 1.82) is 0 Å². The van der Waals surface area contributed by atoms with Crippen LogP contribution >= 0.6 is 0 Å². The molecule has 3 rings (SSSR count). The number of halogens is 3. The van der Waals surface area contributed by atoms with Gasteiger partial charge >= 0.3 is 6.18 Å². The molecule has 1 heterocycles. The molecule has 1 atom stereocenters. The first-order chi connectivity index (χ1) is 12.7. The second-order valence-electron chi connectivity index (χ2n) is 6.15. The predicted molar refractivity (Wildman–Crippen MR) is 97.8 cm³/mol. The minimum atomic E-state index is -4.26. The highest BCUT2D eigenvalue weighted by Gasteiger charge is 2.37. The molecule has 27 heavy (non-hydrogen) atoms. The van der Waals surface area contributed by atoms with Crippen molar-refractivity contribution in [1.82, 2.24) is 5.32 Å². The maximum Gasteiger partial charge on any atom is 0.393 e. The minimum absolute atomic E-state index is 0.126. The Balaban J connectivity index is 2.03. The SMILES string of the molecule is COc1ccccc1C1(N)N=C(N)NC=C1c1ccc(CC(F)(F)F)cc1. The summed E-state index contributed by atoms with van der Waals surface area (Å²) in [5, 5.41) is 2.81. The Bertz CT molecular complexity index is 891. The van der Waals surface area contributed by atoms with Crippen molar-refractivity contribution in [3.05, 3.63) is 71.4 Å². The van der Waals surface area contributed by atoms with Gasteiger partial charge in [0.2, 0.25) is 0 Å². The lowest BCUT2D eigenvalue weighted by Crippen LogP contribution is -2.45. The first-order valence-electron chi connectivity index (χ1n) is 8.14. The normalized spacial score (nSPS) is 19.7. The predicted octanol–water partition coefficient (Wildman–Crippen LogP) is 2.87. The number of benzene rings is 2. The van der Waals surface area contributed by atoms with Crippen molar-refractivity contribution in [2.75, 3.05) is 7.11 Å². The van der Waals surface area contributed by atoms with Gasteiger partial charge in [-0.15, -0.1) is 0 Å². The van der Waals surface area contributed by atoms with Gasteiger partial charge in [0.15, 0.2) is 11.6 Å². The van der Waals surface area contributed by atoms with E-state index in [0.29, 0.717) is 22.4 Å². The van der Waals surface area contributed by atoms with E-state index in [2.05, 4.69) is 10.3 Å². The van der Waals surface area contributed by atoms with E-state index >= 15 is 0 Å². The molecule has 0 aliphatic carbocycles. The van der Waals surface area contributed by atoms with Crippen molar-refractivity contribution in [2.45, 2.75) is 18.3 Å². The van der Waals surface area contributed by atoms with Crippen LogP contribution in [-0.2, 0) is 12.1 Å². The van der Waals surface area contributed by atoms with Crippen molar-refractivity contribution in [3.63, 3.8) is 0 Å². The van der Waals surface area contributed by atoms with E-state index in [1.807, 2.05) is 0 Å². The van der Waals surface area contributed by atoms with Gasteiger partial charge in [0.1, 0.15) is 5.75 Å². The van der Waals surface area contributed by atoms with E-state index in [1.54, 1.807) is 42.6 Å². The first-order valence-corrected chi connectivity index (χ1v) is 8.14. The molecule has 5 nitrogen and oxygen atoms in total. The number of nitrogens with one attached hydrogen (secondary N) is 1.